The zero-order valence-corrected chi connectivity index (χ0v) is 20.4. The van der Waals surface area contributed by atoms with E-state index < -0.39 is 10.0 Å². The van der Waals surface area contributed by atoms with Gasteiger partial charge in [-0.3, -0.25) is 14.7 Å². The summed E-state index contributed by atoms with van der Waals surface area (Å²) in [7, 11) is -2.36. The maximum Gasteiger partial charge on any atom is 0.244 e. The van der Waals surface area contributed by atoms with E-state index in [0.29, 0.717) is 6.42 Å². The van der Waals surface area contributed by atoms with Crippen LogP contribution in [0.4, 0.5) is 5.69 Å². The van der Waals surface area contributed by atoms with Crippen LogP contribution in [0.15, 0.2) is 47.6 Å². The zero-order chi connectivity index (χ0) is 23.1. The van der Waals surface area contributed by atoms with Crippen LogP contribution in [0.5, 0.6) is 0 Å². The minimum Gasteiger partial charge on any atom is -0.369 e. The lowest BCUT2D eigenvalue weighted by molar-refractivity contribution is -0.119. The zero-order valence-electron chi connectivity index (χ0n) is 18.1. The predicted octanol–water partition coefficient (Wildman–Crippen LogP) is 3.57. The fraction of sp³-hybridized carbons (Fsp3) is 0.455. The van der Waals surface area contributed by atoms with E-state index >= 15 is 0 Å². The number of benzene rings is 1. The van der Waals surface area contributed by atoms with Gasteiger partial charge in [-0.2, -0.15) is 0 Å². The second-order valence-corrected chi connectivity index (χ2v) is 10.6. The van der Waals surface area contributed by atoms with Gasteiger partial charge in [0.1, 0.15) is 10.7 Å². The molecule has 0 amide bonds. The van der Waals surface area contributed by atoms with Crippen molar-refractivity contribution in [3.8, 4) is 0 Å². The highest BCUT2D eigenvalue weighted by Gasteiger charge is 2.25. The summed E-state index contributed by atoms with van der Waals surface area (Å²) in [5, 5.41) is 0.176. The molecule has 1 aromatic carbocycles. The Labute approximate surface area is 200 Å². The van der Waals surface area contributed by atoms with Gasteiger partial charge in [0.25, 0.3) is 0 Å². The molecule has 7 nitrogen and oxygen atoms in total. The number of aromatic nitrogens is 1. The van der Waals surface area contributed by atoms with E-state index in [-0.39, 0.29) is 33.7 Å². The topological polar surface area (TPSA) is 73.8 Å². The Morgan fingerprint density at radius 3 is 2.44 bits per heavy atom. The minimum atomic E-state index is -3.81. The Hall–Kier alpha value is -1.71. The summed E-state index contributed by atoms with van der Waals surface area (Å²) in [4.78, 5) is 21.0. The van der Waals surface area contributed by atoms with Gasteiger partial charge in [0, 0.05) is 70.7 Å². The summed E-state index contributed by atoms with van der Waals surface area (Å²) in [6, 6.07) is 8.52. The number of sulfonamides is 1. The maximum atomic E-state index is 12.7. The summed E-state index contributed by atoms with van der Waals surface area (Å²) in [6.07, 6.45) is 4.99. The quantitative estimate of drug-likeness (QED) is 0.498. The molecule has 0 unspecified atom stereocenters. The van der Waals surface area contributed by atoms with Crippen molar-refractivity contribution >= 4 is 44.7 Å². The van der Waals surface area contributed by atoms with Gasteiger partial charge < -0.3 is 4.90 Å². The molecule has 2 aromatic rings. The van der Waals surface area contributed by atoms with Crippen LogP contribution in [0.3, 0.4) is 0 Å². The van der Waals surface area contributed by atoms with Crippen molar-refractivity contribution in [2.75, 3.05) is 51.2 Å². The lowest BCUT2D eigenvalue weighted by Crippen LogP contribution is -2.46. The number of carbonyl (C=O) groups is 1. The molecule has 10 heteroatoms. The van der Waals surface area contributed by atoms with Gasteiger partial charge in [-0.1, -0.05) is 29.3 Å². The number of pyridine rings is 1. The van der Waals surface area contributed by atoms with Gasteiger partial charge in [-0.15, -0.1) is 0 Å². The Kier molecular flexibility index (Phi) is 8.90. The highest BCUT2D eigenvalue weighted by atomic mass is 35.5. The normalized spacial score (nSPS) is 15.3. The molecular weight excluding hydrogens is 471 g/mol. The molecule has 0 aliphatic carbocycles. The van der Waals surface area contributed by atoms with Crippen molar-refractivity contribution in [2.45, 2.75) is 24.2 Å². The van der Waals surface area contributed by atoms with Crippen molar-refractivity contribution in [1.29, 1.82) is 0 Å². The number of carbonyl (C=O) groups excluding carboxylic acids is 1. The van der Waals surface area contributed by atoms with Crippen molar-refractivity contribution in [1.82, 2.24) is 14.2 Å². The number of halogens is 2. The minimum absolute atomic E-state index is 0.00336. The summed E-state index contributed by atoms with van der Waals surface area (Å²) < 4.78 is 26.6. The van der Waals surface area contributed by atoms with Crippen LogP contribution in [0.1, 0.15) is 19.3 Å². The summed E-state index contributed by atoms with van der Waals surface area (Å²) in [5.41, 5.74) is 1.19. The molecule has 1 saturated heterocycles. The van der Waals surface area contributed by atoms with Crippen molar-refractivity contribution in [3.63, 3.8) is 0 Å². The molecule has 0 N–H and O–H groups in total. The Bertz CT molecular complexity index is 1010. The Morgan fingerprint density at radius 1 is 1.06 bits per heavy atom. The largest absolute Gasteiger partial charge is 0.369 e. The van der Waals surface area contributed by atoms with Crippen LogP contribution >= 0.6 is 23.2 Å². The summed E-state index contributed by atoms with van der Waals surface area (Å²) in [6.45, 7) is 4.78. The highest BCUT2D eigenvalue weighted by Crippen LogP contribution is 2.30. The van der Waals surface area contributed by atoms with Crippen LogP contribution in [0, 0.1) is 0 Å². The van der Waals surface area contributed by atoms with Gasteiger partial charge in [0.2, 0.25) is 10.0 Å². The van der Waals surface area contributed by atoms with Gasteiger partial charge in [-0.05, 0) is 37.2 Å². The van der Waals surface area contributed by atoms with E-state index in [1.54, 1.807) is 12.4 Å². The fourth-order valence-electron chi connectivity index (χ4n) is 3.66. The van der Waals surface area contributed by atoms with E-state index in [2.05, 4.69) is 14.8 Å². The fourth-order valence-corrected chi connectivity index (χ4v) is 5.57. The first-order valence-electron chi connectivity index (χ1n) is 10.6. The summed E-state index contributed by atoms with van der Waals surface area (Å²) in [5.74, 6) is 0.0552. The molecule has 32 heavy (non-hydrogen) atoms. The molecule has 174 valence electrons. The number of rotatable bonds is 10. The monoisotopic (exact) mass is 498 g/mol. The van der Waals surface area contributed by atoms with E-state index in [1.165, 1.54) is 30.9 Å². The molecule has 0 radical (unpaired) electrons. The molecule has 0 bridgehead atoms. The number of Topliss-reactive ketones (excluding diaryl/α,β-unsaturated/α-hetero) is 1. The SMILES string of the molecule is CN(CCC(=O)CCCN1CCN(c2ccncc2)CC1)S(=O)(=O)c1cccc(Cl)c1Cl. The lowest BCUT2D eigenvalue weighted by atomic mass is 10.1. The molecule has 1 aliphatic rings. The lowest BCUT2D eigenvalue weighted by Gasteiger charge is -2.36. The number of hydrogen-bond acceptors (Lipinski definition) is 6. The second kappa shape index (κ2) is 11.4. The van der Waals surface area contributed by atoms with Gasteiger partial charge in [-0.25, -0.2) is 12.7 Å². The van der Waals surface area contributed by atoms with Crippen LogP contribution in [0.25, 0.3) is 0 Å². The van der Waals surface area contributed by atoms with Crippen molar-refractivity contribution in [2.24, 2.45) is 0 Å². The van der Waals surface area contributed by atoms with Crippen molar-refractivity contribution < 1.29 is 13.2 Å². The third kappa shape index (κ3) is 6.42. The third-order valence-electron chi connectivity index (χ3n) is 5.64. The third-order valence-corrected chi connectivity index (χ3v) is 8.47. The molecule has 1 fully saturated rings. The first-order chi connectivity index (χ1) is 15.3. The Balaban J connectivity index is 1.38. The number of nitrogens with zero attached hydrogens (tertiary/aromatic N) is 4. The number of anilines is 1. The van der Waals surface area contributed by atoms with Crippen LogP contribution in [-0.2, 0) is 14.8 Å². The van der Waals surface area contributed by atoms with Crippen LogP contribution in [-0.4, -0.2) is 74.7 Å². The molecule has 1 aliphatic heterocycles. The Morgan fingerprint density at radius 2 is 1.75 bits per heavy atom. The second-order valence-electron chi connectivity index (χ2n) is 7.80. The first kappa shape index (κ1) is 24.9. The van der Waals surface area contributed by atoms with Gasteiger partial charge in [0.05, 0.1) is 10.0 Å². The number of ketones is 1. The van der Waals surface area contributed by atoms with E-state index in [9.17, 15) is 13.2 Å². The number of hydrogen-bond donors (Lipinski definition) is 0. The average molecular weight is 499 g/mol. The summed E-state index contributed by atoms with van der Waals surface area (Å²) >= 11 is 12.0. The molecule has 2 heterocycles. The van der Waals surface area contributed by atoms with E-state index in [0.717, 1.165) is 43.4 Å². The van der Waals surface area contributed by atoms with Gasteiger partial charge >= 0.3 is 0 Å². The average Bonchev–Trinajstić information content (AvgIpc) is 2.80. The van der Waals surface area contributed by atoms with Gasteiger partial charge in [0.15, 0.2) is 0 Å². The van der Waals surface area contributed by atoms with E-state index in [4.69, 9.17) is 23.2 Å². The highest BCUT2D eigenvalue weighted by molar-refractivity contribution is 7.89. The molecule has 3 rings (SSSR count). The predicted molar refractivity (Wildman–Crippen MR) is 128 cm³/mol. The smallest absolute Gasteiger partial charge is 0.244 e. The molecule has 1 aromatic heterocycles. The number of piperazine rings is 1. The molecular formula is C22H28Cl2N4O3S. The first-order valence-corrected chi connectivity index (χ1v) is 12.8. The maximum absolute atomic E-state index is 12.7. The van der Waals surface area contributed by atoms with E-state index in [1.807, 2.05) is 12.1 Å². The van der Waals surface area contributed by atoms with Crippen molar-refractivity contribution in [3.05, 3.63) is 52.8 Å². The van der Waals surface area contributed by atoms with Crippen LogP contribution in [0.2, 0.25) is 10.0 Å². The molecule has 0 atom stereocenters. The standard InChI is InChI=1S/C22H28Cl2N4O3S/c1-26(32(30,31)21-6-2-5-20(23)22(21)24)13-9-19(29)4-3-12-27-14-16-28(17-15-27)18-7-10-25-11-8-18/h2,5-8,10-11H,3-4,9,12-17H2,1H3. The van der Waals surface area contributed by atoms with Crippen LogP contribution < -0.4 is 4.90 Å². The molecule has 0 saturated carbocycles. The molecule has 0 spiro atoms.